The zero-order valence-electron chi connectivity index (χ0n) is 15.3. The molecule has 2 amide bonds. The summed E-state index contributed by atoms with van der Waals surface area (Å²) in [6.45, 7) is 0.551. The van der Waals surface area contributed by atoms with Crippen molar-refractivity contribution in [3.8, 4) is 11.8 Å². The minimum Gasteiger partial charge on any atom is -0.493 e. The fourth-order valence-electron chi connectivity index (χ4n) is 3.06. The van der Waals surface area contributed by atoms with Gasteiger partial charge in [0.15, 0.2) is 0 Å². The molecule has 0 unspecified atom stereocenters. The molecule has 0 radical (unpaired) electrons. The monoisotopic (exact) mass is 396 g/mol. The van der Waals surface area contributed by atoms with Crippen molar-refractivity contribution in [3.63, 3.8) is 0 Å². The summed E-state index contributed by atoms with van der Waals surface area (Å²) in [6.07, 6.45) is 3.99. The van der Waals surface area contributed by atoms with Gasteiger partial charge in [-0.05, 0) is 43.0 Å². The normalized spacial score (nSPS) is 18.7. The van der Waals surface area contributed by atoms with Crippen LogP contribution in [0.5, 0.6) is 5.75 Å². The molecule has 1 aliphatic carbocycles. The second kappa shape index (κ2) is 8.07. The van der Waals surface area contributed by atoms with E-state index < -0.39 is 6.04 Å². The Morgan fingerprint density at radius 3 is 3.00 bits per heavy atom. The maximum atomic E-state index is 12.7. The van der Waals surface area contributed by atoms with Crippen LogP contribution in [-0.2, 0) is 4.79 Å². The smallest absolute Gasteiger partial charge is 0.252 e. The Balaban J connectivity index is 1.46. The highest BCUT2D eigenvalue weighted by molar-refractivity contribution is 7.99. The van der Waals surface area contributed by atoms with Crippen molar-refractivity contribution in [2.45, 2.75) is 18.9 Å². The Morgan fingerprint density at radius 2 is 2.21 bits per heavy atom. The van der Waals surface area contributed by atoms with Gasteiger partial charge in [0.05, 0.1) is 36.2 Å². The Morgan fingerprint density at radius 1 is 1.36 bits per heavy atom. The lowest BCUT2D eigenvalue weighted by Gasteiger charge is -2.18. The summed E-state index contributed by atoms with van der Waals surface area (Å²) < 4.78 is 5.81. The number of rotatable bonds is 6. The highest BCUT2D eigenvalue weighted by atomic mass is 32.2. The minimum atomic E-state index is -0.428. The van der Waals surface area contributed by atoms with Gasteiger partial charge in [-0.15, -0.1) is 11.8 Å². The van der Waals surface area contributed by atoms with Gasteiger partial charge in [0.1, 0.15) is 11.8 Å². The molecule has 1 aromatic heterocycles. The second-order valence-electron chi connectivity index (χ2n) is 6.98. The fourth-order valence-corrected chi connectivity index (χ4v) is 4.16. The number of nitriles is 1. The lowest BCUT2D eigenvalue weighted by Crippen LogP contribution is -2.42. The Hall–Kier alpha value is -2.79. The number of thioether (sulfide) groups is 1. The van der Waals surface area contributed by atoms with Crippen molar-refractivity contribution in [1.29, 1.82) is 5.26 Å². The Bertz CT molecular complexity index is 954. The first-order chi connectivity index (χ1) is 13.7. The lowest BCUT2D eigenvalue weighted by atomic mass is 10.1. The van der Waals surface area contributed by atoms with Crippen LogP contribution in [0.3, 0.4) is 0 Å². The Labute approximate surface area is 167 Å². The van der Waals surface area contributed by atoms with Crippen molar-refractivity contribution in [3.05, 3.63) is 36.0 Å². The second-order valence-corrected chi connectivity index (χ2v) is 7.98. The summed E-state index contributed by atoms with van der Waals surface area (Å²) >= 11 is 1.54. The predicted molar refractivity (Wildman–Crippen MR) is 106 cm³/mol. The fraction of sp³-hybridized carbons (Fsp3) is 0.400. The van der Waals surface area contributed by atoms with Crippen LogP contribution in [0.1, 0.15) is 23.2 Å². The summed E-state index contributed by atoms with van der Waals surface area (Å²) in [4.78, 5) is 30.8. The zero-order valence-corrected chi connectivity index (χ0v) is 16.1. The lowest BCUT2D eigenvalue weighted by molar-refractivity contribution is -0.129. The van der Waals surface area contributed by atoms with E-state index in [1.165, 1.54) is 29.5 Å². The van der Waals surface area contributed by atoms with Crippen LogP contribution in [-0.4, -0.2) is 52.5 Å². The van der Waals surface area contributed by atoms with Gasteiger partial charge in [0.25, 0.3) is 5.91 Å². The molecular weight excluding hydrogens is 376 g/mol. The standard InChI is InChI=1S/C20H20N4O3S/c21-8-14-11-28-12-24(14)19(25)9-23-20(26)16-5-6-22-18-4-3-15(7-17(16)18)27-10-13-1-2-13/h3-7,13-14H,1-2,9-12H2,(H,23,26)/t14-/m1/s1. The SMILES string of the molecule is N#C[C@@H]1CSCN1C(=O)CNC(=O)c1ccnc2ccc(OCC3CC3)cc12. The summed E-state index contributed by atoms with van der Waals surface area (Å²) in [6, 6.07) is 8.84. The third-order valence-electron chi connectivity index (χ3n) is 4.89. The average Bonchev–Trinajstić information content (AvgIpc) is 3.43. The average molecular weight is 396 g/mol. The first-order valence-corrected chi connectivity index (χ1v) is 10.4. The van der Waals surface area contributed by atoms with Crippen LogP contribution in [0.15, 0.2) is 30.5 Å². The number of nitrogens with zero attached hydrogens (tertiary/aromatic N) is 3. The number of pyridine rings is 1. The molecule has 28 heavy (non-hydrogen) atoms. The number of hydrogen-bond donors (Lipinski definition) is 1. The molecule has 2 aromatic rings. The first-order valence-electron chi connectivity index (χ1n) is 9.22. The van der Waals surface area contributed by atoms with E-state index >= 15 is 0 Å². The molecule has 1 atom stereocenters. The largest absolute Gasteiger partial charge is 0.493 e. The molecule has 1 N–H and O–H groups in total. The van der Waals surface area contributed by atoms with E-state index in [2.05, 4.69) is 16.4 Å². The van der Waals surface area contributed by atoms with Gasteiger partial charge in [-0.1, -0.05) is 0 Å². The van der Waals surface area contributed by atoms with Crippen molar-refractivity contribution in [2.75, 3.05) is 24.8 Å². The van der Waals surface area contributed by atoms with Gasteiger partial charge in [0, 0.05) is 17.3 Å². The molecule has 2 heterocycles. The number of benzene rings is 1. The predicted octanol–water partition coefficient (Wildman–Crippen LogP) is 2.18. The number of amides is 2. The number of ether oxygens (including phenoxy) is 1. The highest BCUT2D eigenvalue weighted by Crippen LogP contribution is 2.30. The zero-order chi connectivity index (χ0) is 19.5. The molecule has 2 aliphatic rings. The van der Waals surface area contributed by atoms with Gasteiger partial charge in [0.2, 0.25) is 5.91 Å². The first kappa shape index (κ1) is 18.6. The molecule has 1 aromatic carbocycles. The molecule has 1 saturated heterocycles. The quantitative estimate of drug-likeness (QED) is 0.804. The molecular formula is C20H20N4O3S. The van der Waals surface area contributed by atoms with E-state index in [1.54, 1.807) is 12.3 Å². The molecule has 0 bridgehead atoms. The van der Waals surface area contributed by atoms with E-state index in [4.69, 9.17) is 10.00 Å². The van der Waals surface area contributed by atoms with Crippen LogP contribution in [0.2, 0.25) is 0 Å². The van der Waals surface area contributed by atoms with Gasteiger partial charge in [-0.2, -0.15) is 5.26 Å². The number of carbonyl (C=O) groups is 2. The summed E-state index contributed by atoms with van der Waals surface area (Å²) in [5.74, 6) is 1.83. The van der Waals surface area contributed by atoms with E-state index in [0.717, 1.165) is 0 Å². The van der Waals surface area contributed by atoms with Crippen LogP contribution >= 0.6 is 11.8 Å². The van der Waals surface area contributed by atoms with E-state index in [9.17, 15) is 9.59 Å². The highest BCUT2D eigenvalue weighted by Gasteiger charge is 2.29. The van der Waals surface area contributed by atoms with Crippen LogP contribution < -0.4 is 10.1 Å². The number of aromatic nitrogens is 1. The van der Waals surface area contributed by atoms with E-state index in [1.807, 2.05) is 18.2 Å². The third kappa shape index (κ3) is 4.04. The van der Waals surface area contributed by atoms with E-state index in [-0.39, 0.29) is 18.4 Å². The molecule has 1 aliphatic heterocycles. The van der Waals surface area contributed by atoms with E-state index in [0.29, 0.717) is 46.4 Å². The molecule has 7 nitrogen and oxygen atoms in total. The third-order valence-corrected chi connectivity index (χ3v) is 5.90. The molecule has 4 rings (SSSR count). The van der Waals surface area contributed by atoms with Crippen molar-refractivity contribution < 1.29 is 14.3 Å². The van der Waals surface area contributed by atoms with Crippen molar-refractivity contribution >= 4 is 34.5 Å². The number of hydrogen-bond acceptors (Lipinski definition) is 6. The van der Waals surface area contributed by atoms with Crippen molar-refractivity contribution in [1.82, 2.24) is 15.2 Å². The summed E-state index contributed by atoms with van der Waals surface area (Å²) in [7, 11) is 0. The molecule has 8 heteroatoms. The van der Waals surface area contributed by atoms with Gasteiger partial charge in [-0.25, -0.2) is 0 Å². The maximum Gasteiger partial charge on any atom is 0.252 e. The van der Waals surface area contributed by atoms with Crippen molar-refractivity contribution in [2.24, 2.45) is 5.92 Å². The van der Waals surface area contributed by atoms with Gasteiger partial charge >= 0.3 is 0 Å². The molecule has 1 saturated carbocycles. The summed E-state index contributed by atoms with van der Waals surface area (Å²) in [5.41, 5.74) is 1.14. The molecule has 2 fully saturated rings. The van der Waals surface area contributed by atoms with Gasteiger partial charge < -0.3 is 15.0 Å². The topological polar surface area (TPSA) is 95.3 Å². The molecule has 144 valence electrons. The Kier molecular flexibility index (Phi) is 5.35. The van der Waals surface area contributed by atoms with Crippen LogP contribution in [0.4, 0.5) is 0 Å². The van der Waals surface area contributed by atoms with Gasteiger partial charge in [-0.3, -0.25) is 14.6 Å². The van der Waals surface area contributed by atoms with Crippen LogP contribution in [0, 0.1) is 17.2 Å². The van der Waals surface area contributed by atoms with Crippen LogP contribution in [0.25, 0.3) is 10.9 Å². The minimum absolute atomic E-state index is 0.140. The number of fused-ring (bicyclic) bond motifs is 1. The molecule has 0 spiro atoms. The number of nitrogens with one attached hydrogen (secondary N) is 1. The maximum absolute atomic E-state index is 12.7. The summed E-state index contributed by atoms with van der Waals surface area (Å²) in [5, 5.41) is 12.5. The number of carbonyl (C=O) groups excluding carboxylic acids is 2.